The van der Waals surface area contributed by atoms with Gasteiger partial charge >= 0.3 is 0 Å². The molecule has 3 N–H and O–H groups in total. The highest BCUT2D eigenvalue weighted by molar-refractivity contribution is 7.89. The van der Waals surface area contributed by atoms with Crippen LogP contribution in [0.25, 0.3) is 6.08 Å². The molecule has 1 aromatic rings. The predicted molar refractivity (Wildman–Crippen MR) is 75.2 cm³/mol. The molecule has 1 unspecified atom stereocenters. The summed E-state index contributed by atoms with van der Waals surface area (Å²) in [4.78, 5) is 0.258. The Bertz CT molecular complexity index is 636. The minimum atomic E-state index is -3.52. The first kappa shape index (κ1) is 13.6. The van der Waals surface area contributed by atoms with Crippen LogP contribution in [0.4, 0.5) is 0 Å². The first-order valence-corrected chi connectivity index (χ1v) is 7.99. The van der Waals surface area contributed by atoms with E-state index in [1.165, 1.54) is 4.31 Å². The summed E-state index contributed by atoms with van der Waals surface area (Å²) in [7, 11) is -3.52. The van der Waals surface area contributed by atoms with Gasteiger partial charge in [-0.15, -0.1) is 0 Å². The third-order valence-corrected chi connectivity index (χ3v) is 5.55. The zero-order valence-electron chi connectivity index (χ0n) is 10.9. The average molecular weight is 295 g/mol. The number of hydrogen-bond acceptors (Lipinski definition) is 5. The smallest absolute Gasteiger partial charge is 0.243 e. The lowest BCUT2D eigenvalue weighted by Gasteiger charge is -2.28. The maximum atomic E-state index is 12.7. The standard InChI is InChI=1S/C13H17N3O3S/c17-13-11-2-1-3-12(10(11)4-5-15-13)20(18,19)16-8-6-14-7-9-16/h1-5,13-15,17H,6-9H2. The van der Waals surface area contributed by atoms with Crippen LogP contribution in [-0.2, 0) is 10.0 Å². The van der Waals surface area contributed by atoms with Crippen LogP contribution in [0.3, 0.4) is 0 Å². The van der Waals surface area contributed by atoms with E-state index in [9.17, 15) is 13.5 Å². The first-order valence-electron chi connectivity index (χ1n) is 6.55. The van der Waals surface area contributed by atoms with Gasteiger partial charge < -0.3 is 15.7 Å². The Morgan fingerprint density at radius 1 is 1.25 bits per heavy atom. The molecule has 108 valence electrons. The SMILES string of the molecule is O=S(=O)(c1cccc2c1C=CNC2O)N1CCNCC1. The fraction of sp³-hybridized carbons (Fsp3) is 0.385. The number of nitrogens with zero attached hydrogens (tertiary/aromatic N) is 1. The third-order valence-electron chi connectivity index (χ3n) is 3.59. The number of sulfonamides is 1. The molecular formula is C13H17N3O3S. The van der Waals surface area contributed by atoms with Gasteiger partial charge in [0.2, 0.25) is 10.0 Å². The van der Waals surface area contributed by atoms with Gasteiger partial charge in [0.25, 0.3) is 0 Å². The summed E-state index contributed by atoms with van der Waals surface area (Å²) in [6, 6.07) is 4.99. The maximum Gasteiger partial charge on any atom is 0.243 e. The Balaban J connectivity index is 2.06. The van der Waals surface area contributed by atoms with Gasteiger partial charge in [0.15, 0.2) is 6.23 Å². The summed E-state index contributed by atoms with van der Waals surface area (Å²) in [5.74, 6) is 0. The van der Waals surface area contributed by atoms with Crippen molar-refractivity contribution in [2.24, 2.45) is 0 Å². The van der Waals surface area contributed by atoms with Gasteiger partial charge in [0.1, 0.15) is 0 Å². The molecule has 1 fully saturated rings. The Morgan fingerprint density at radius 2 is 2.00 bits per heavy atom. The quantitative estimate of drug-likeness (QED) is 0.707. The molecule has 2 aliphatic heterocycles. The summed E-state index contributed by atoms with van der Waals surface area (Å²) in [6.07, 6.45) is 2.40. The molecule has 0 saturated carbocycles. The number of fused-ring (bicyclic) bond motifs is 1. The molecule has 0 aliphatic carbocycles. The molecule has 2 heterocycles. The Hall–Kier alpha value is -1.41. The molecule has 0 radical (unpaired) electrons. The number of aliphatic hydroxyl groups is 1. The molecule has 0 amide bonds. The summed E-state index contributed by atoms with van der Waals surface area (Å²) in [6.45, 7) is 2.26. The zero-order valence-corrected chi connectivity index (χ0v) is 11.7. The fourth-order valence-corrected chi connectivity index (χ4v) is 4.19. The second kappa shape index (κ2) is 5.17. The van der Waals surface area contributed by atoms with E-state index in [-0.39, 0.29) is 4.90 Å². The van der Waals surface area contributed by atoms with Crippen LogP contribution < -0.4 is 10.6 Å². The molecule has 2 aliphatic rings. The normalized spacial score (nSPS) is 23.1. The zero-order chi connectivity index (χ0) is 14.2. The van der Waals surface area contributed by atoms with E-state index in [2.05, 4.69) is 10.6 Å². The van der Waals surface area contributed by atoms with Crippen molar-refractivity contribution in [3.63, 3.8) is 0 Å². The lowest BCUT2D eigenvalue weighted by molar-refractivity contribution is 0.154. The Kier molecular flexibility index (Phi) is 3.51. The molecule has 1 aromatic carbocycles. The molecule has 0 bridgehead atoms. The van der Waals surface area contributed by atoms with Gasteiger partial charge in [-0.1, -0.05) is 12.1 Å². The van der Waals surface area contributed by atoms with E-state index in [1.807, 2.05) is 0 Å². The second-order valence-electron chi connectivity index (χ2n) is 4.82. The highest BCUT2D eigenvalue weighted by atomic mass is 32.2. The monoisotopic (exact) mass is 295 g/mol. The van der Waals surface area contributed by atoms with Crippen molar-refractivity contribution < 1.29 is 13.5 Å². The van der Waals surface area contributed by atoms with Crippen molar-refractivity contribution >= 4 is 16.1 Å². The number of rotatable bonds is 2. The summed E-state index contributed by atoms with van der Waals surface area (Å²) in [5.41, 5.74) is 1.15. The van der Waals surface area contributed by atoms with Crippen LogP contribution >= 0.6 is 0 Å². The summed E-state index contributed by atoms with van der Waals surface area (Å²) < 4.78 is 26.9. The highest BCUT2D eigenvalue weighted by Crippen LogP contribution is 2.29. The summed E-state index contributed by atoms with van der Waals surface area (Å²) >= 11 is 0. The molecule has 3 rings (SSSR count). The van der Waals surface area contributed by atoms with Crippen molar-refractivity contribution in [3.8, 4) is 0 Å². The van der Waals surface area contributed by atoms with Gasteiger partial charge in [-0.3, -0.25) is 0 Å². The van der Waals surface area contributed by atoms with Crippen molar-refractivity contribution in [2.75, 3.05) is 26.2 Å². The summed E-state index contributed by atoms with van der Waals surface area (Å²) in [5, 5.41) is 15.8. The molecule has 0 spiro atoms. The number of nitrogens with one attached hydrogen (secondary N) is 2. The minimum absolute atomic E-state index is 0.258. The predicted octanol–water partition coefficient (Wildman–Crippen LogP) is -0.155. The second-order valence-corrected chi connectivity index (χ2v) is 6.72. The van der Waals surface area contributed by atoms with E-state index in [0.717, 1.165) is 0 Å². The third kappa shape index (κ3) is 2.22. The lowest BCUT2D eigenvalue weighted by Crippen LogP contribution is -2.46. The van der Waals surface area contributed by atoms with Crippen LogP contribution in [0.2, 0.25) is 0 Å². The van der Waals surface area contributed by atoms with Crippen LogP contribution in [0.5, 0.6) is 0 Å². The Morgan fingerprint density at radius 3 is 2.75 bits per heavy atom. The number of aliphatic hydroxyl groups excluding tert-OH is 1. The number of hydrogen-bond donors (Lipinski definition) is 3. The molecule has 6 nitrogen and oxygen atoms in total. The van der Waals surface area contributed by atoms with Crippen LogP contribution in [0.1, 0.15) is 17.4 Å². The van der Waals surface area contributed by atoms with Crippen molar-refractivity contribution in [3.05, 3.63) is 35.5 Å². The van der Waals surface area contributed by atoms with Crippen LogP contribution in [0.15, 0.2) is 29.3 Å². The number of benzene rings is 1. The van der Waals surface area contributed by atoms with Crippen LogP contribution in [0, 0.1) is 0 Å². The van der Waals surface area contributed by atoms with Gasteiger partial charge in [-0.05, 0) is 18.3 Å². The lowest BCUT2D eigenvalue weighted by atomic mass is 10.0. The highest BCUT2D eigenvalue weighted by Gasteiger charge is 2.29. The topological polar surface area (TPSA) is 81.7 Å². The fourth-order valence-electron chi connectivity index (χ4n) is 2.54. The molecule has 1 atom stereocenters. The maximum absolute atomic E-state index is 12.7. The van der Waals surface area contributed by atoms with Crippen LogP contribution in [-0.4, -0.2) is 44.0 Å². The molecule has 0 aromatic heterocycles. The van der Waals surface area contributed by atoms with E-state index >= 15 is 0 Å². The Labute approximate surface area is 118 Å². The molecular weight excluding hydrogens is 278 g/mol. The van der Waals surface area contributed by atoms with E-state index in [4.69, 9.17) is 0 Å². The molecule has 1 saturated heterocycles. The van der Waals surface area contributed by atoms with E-state index < -0.39 is 16.3 Å². The van der Waals surface area contributed by atoms with E-state index in [1.54, 1.807) is 30.5 Å². The number of piperazine rings is 1. The largest absolute Gasteiger partial charge is 0.369 e. The van der Waals surface area contributed by atoms with Gasteiger partial charge in [-0.2, -0.15) is 4.31 Å². The molecule has 7 heteroatoms. The van der Waals surface area contributed by atoms with Gasteiger partial charge in [-0.25, -0.2) is 8.42 Å². The van der Waals surface area contributed by atoms with Crippen molar-refractivity contribution in [2.45, 2.75) is 11.1 Å². The average Bonchev–Trinajstić information content (AvgIpc) is 2.48. The molecule has 20 heavy (non-hydrogen) atoms. The van der Waals surface area contributed by atoms with Crippen molar-refractivity contribution in [1.29, 1.82) is 0 Å². The first-order chi connectivity index (χ1) is 9.60. The van der Waals surface area contributed by atoms with Gasteiger partial charge in [0, 0.05) is 37.3 Å². The minimum Gasteiger partial charge on any atom is -0.369 e. The van der Waals surface area contributed by atoms with E-state index in [0.29, 0.717) is 37.3 Å². The van der Waals surface area contributed by atoms with Gasteiger partial charge in [0.05, 0.1) is 4.90 Å². The van der Waals surface area contributed by atoms with Crippen molar-refractivity contribution in [1.82, 2.24) is 14.9 Å².